The maximum absolute atomic E-state index is 13.0. The molecule has 1 aromatic heterocycles. The maximum Gasteiger partial charge on any atom is 0.127 e. The third kappa shape index (κ3) is 2.97. The minimum absolute atomic E-state index is 0.307. The van der Waals surface area contributed by atoms with Crippen molar-refractivity contribution in [3.63, 3.8) is 0 Å². The predicted molar refractivity (Wildman–Crippen MR) is 67.3 cm³/mol. The van der Waals surface area contributed by atoms with E-state index in [-0.39, 0.29) is 5.82 Å². The lowest BCUT2D eigenvalue weighted by molar-refractivity contribution is 0.629. The first-order valence-electron chi connectivity index (χ1n) is 5.06. The summed E-state index contributed by atoms with van der Waals surface area (Å²) in [6, 6.07) is 8.61. The average molecular weight is 236 g/mol. The Balaban J connectivity index is 1.89. The number of hydrogen-bond acceptors (Lipinski definition) is 3. The zero-order valence-electron chi connectivity index (χ0n) is 8.74. The Labute approximate surface area is 97.9 Å². The van der Waals surface area contributed by atoms with Crippen molar-refractivity contribution in [3.8, 4) is 0 Å². The van der Waals surface area contributed by atoms with Crippen LogP contribution in [0.2, 0.25) is 0 Å². The minimum Gasteiger partial charge on any atom is -0.399 e. The molecule has 0 atom stereocenters. The van der Waals surface area contributed by atoms with Crippen LogP contribution >= 0.6 is 11.3 Å². The summed E-state index contributed by atoms with van der Waals surface area (Å²) in [5.74, 6) is -0.307. The maximum atomic E-state index is 13.0. The van der Waals surface area contributed by atoms with Crippen LogP contribution in [-0.2, 0) is 6.42 Å². The lowest BCUT2D eigenvalue weighted by Gasteiger charge is -2.06. The van der Waals surface area contributed by atoms with Gasteiger partial charge in [0.15, 0.2) is 0 Å². The van der Waals surface area contributed by atoms with Crippen LogP contribution in [0.3, 0.4) is 0 Å². The van der Waals surface area contributed by atoms with Gasteiger partial charge < -0.3 is 11.1 Å². The van der Waals surface area contributed by atoms with Gasteiger partial charge in [0.2, 0.25) is 0 Å². The van der Waals surface area contributed by atoms with Crippen LogP contribution in [0.4, 0.5) is 15.8 Å². The number of anilines is 2. The molecule has 0 fully saturated rings. The van der Waals surface area contributed by atoms with Gasteiger partial charge in [-0.25, -0.2) is 4.39 Å². The molecule has 2 nitrogen and oxygen atoms in total. The number of rotatable bonds is 4. The van der Waals surface area contributed by atoms with E-state index in [9.17, 15) is 4.39 Å². The SMILES string of the molecule is Nc1cc(F)cc(NCCc2cccs2)c1. The molecule has 2 rings (SSSR count). The second kappa shape index (κ2) is 4.99. The molecule has 0 aliphatic carbocycles. The molecule has 0 spiro atoms. The van der Waals surface area contributed by atoms with Crippen LogP contribution in [0, 0.1) is 5.82 Å². The van der Waals surface area contributed by atoms with Crippen LogP contribution in [0.1, 0.15) is 4.88 Å². The summed E-state index contributed by atoms with van der Waals surface area (Å²) in [4.78, 5) is 1.32. The summed E-state index contributed by atoms with van der Waals surface area (Å²) in [5, 5.41) is 5.20. The molecule has 0 unspecified atom stereocenters. The first-order chi connectivity index (χ1) is 7.74. The van der Waals surface area contributed by atoms with E-state index in [2.05, 4.69) is 16.8 Å². The van der Waals surface area contributed by atoms with E-state index in [0.29, 0.717) is 5.69 Å². The highest BCUT2D eigenvalue weighted by molar-refractivity contribution is 7.09. The molecular formula is C12H13FN2S. The van der Waals surface area contributed by atoms with Gasteiger partial charge in [0.25, 0.3) is 0 Å². The molecule has 0 aliphatic rings. The van der Waals surface area contributed by atoms with Gasteiger partial charge in [0.1, 0.15) is 5.82 Å². The normalized spacial score (nSPS) is 10.3. The zero-order valence-corrected chi connectivity index (χ0v) is 9.56. The van der Waals surface area contributed by atoms with E-state index < -0.39 is 0 Å². The quantitative estimate of drug-likeness (QED) is 0.800. The second-order valence-corrected chi connectivity index (χ2v) is 4.56. The third-order valence-electron chi connectivity index (χ3n) is 2.20. The first kappa shape index (κ1) is 11.0. The molecule has 3 N–H and O–H groups in total. The Morgan fingerprint density at radius 3 is 2.88 bits per heavy atom. The van der Waals surface area contributed by atoms with Crippen molar-refractivity contribution in [2.45, 2.75) is 6.42 Å². The molecule has 0 aliphatic heterocycles. The van der Waals surface area contributed by atoms with E-state index in [0.717, 1.165) is 18.7 Å². The number of nitrogen functional groups attached to an aromatic ring is 1. The fraction of sp³-hybridized carbons (Fsp3) is 0.167. The molecule has 0 saturated carbocycles. The lowest BCUT2D eigenvalue weighted by Crippen LogP contribution is -2.04. The number of nitrogens with one attached hydrogen (secondary N) is 1. The van der Waals surface area contributed by atoms with Gasteiger partial charge in [-0.2, -0.15) is 0 Å². The second-order valence-electron chi connectivity index (χ2n) is 3.53. The Kier molecular flexibility index (Phi) is 3.41. The van der Waals surface area contributed by atoms with Crippen molar-refractivity contribution in [2.24, 2.45) is 0 Å². The predicted octanol–water partition coefficient (Wildman–Crippen LogP) is 3.12. The van der Waals surface area contributed by atoms with Crippen LogP contribution in [-0.4, -0.2) is 6.54 Å². The minimum atomic E-state index is -0.307. The molecule has 84 valence electrons. The monoisotopic (exact) mass is 236 g/mol. The van der Waals surface area contributed by atoms with Gasteiger partial charge in [-0.15, -0.1) is 11.3 Å². The number of halogens is 1. The molecule has 1 aromatic carbocycles. The van der Waals surface area contributed by atoms with E-state index in [1.807, 2.05) is 6.07 Å². The molecule has 0 radical (unpaired) electrons. The molecule has 0 saturated heterocycles. The third-order valence-corrected chi connectivity index (χ3v) is 3.14. The Morgan fingerprint density at radius 2 is 2.19 bits per heavy atom. The molecular weight excluding hydrogens is 223 g/mol. The number of nitrogens with two attached hydrogens (primary N) is 1. The van der Waals surface area contributed by atoms with Gasteiger partial charge in [-0.3, -0.25) is 0 Å². The van der Waals surface area contributed by atoms with Gasteiger partial charge in [0, 0.05) is 22.8 Å². The van der Waals surface area contributed by atoms with E-state index in [1.54, 1.807) is 17.4 Å². The fourth-order valence-electron chi connectivity index (χ4n) is 1.50. The largest absolute Gasteiger partial charge is 0.399 e. The summed E-state index contributed by atoms with van der Waals surface area (Å²) in [6.45, 7) is 0.781. The summed E-state index contributed by atoms with van der Waals surface area (Å²) >= 11 is 1.73. The Morgan fingerprint density at radius 1 is 1.31 bits per heavy atom. The molecule has 0 amide bonds. The van der Waals surface area contributed by atoms with Gasteiger partial charge >= 0.3 is 0 Å². The Bertz CT molecular complexity index is 434. The van der Waals surface area contributed by atoms with E-state index in [1.165, 1.54) is 17.0 Å². The van der Waals surface area contributed by atoms with Gasteiger partial charge in [-0.1, -0.05) is 6.07 Å². The lowest BCUT2D eigenvalue weighted by atomic mass is 10.2. The molecule has 2 aromatic rings. The number of hydrogen-bond donors (Lipinski definition) is 2. The zero-order chi connectivity index (χ0) is 11.4. The highest BCUT2D eigenvalue weighted by Gasteiger charge is 1.98. The van der Waals surface area contributed by atoms with Crippen molar-refractivity contribution in [1.82, 2.24) is 0 Å². The highest BCUT2D eigenvalue weighted by atomic mass is 32.1. The van der Waals surface area contributed by atoms with Gasteiger partial charge in [-0.05, 0) is 36.1 Å². The molecule has 1 heterocycles. The number of benzene rings is 1. The van der Waals surface area contributed by atoms with E-state index >= 15 is 0 Å². The standard InChI is InChI=1S/C12H13FN2S/c13-9-6-10(14)8-11(7-9)15-4-3-12-2-1-5-16-12/h1-2,5-8,15H,3-4,14H2. The van der Waals surface area contributed by atoms with Crippen molar-refractivity contribution >= 4 is 22.7 Å². The van der Waals surface area contributed by atoms with Crippen molar-refractivity contribution in [3.05, 3.63) is 46.4 Å². The first-order valence-corrected chi connectivity index (χ1v) is 5.94. The number of thiophene rings is 1. The van der Waals surface area contributed by atoms with Crippen LogP contribution in [0.15, 0.2) is 35.7 Å². The van der Waals surface area contributed by atoms with Crippen LogP contribution in [0.5, 0.6) is 0 Å². The van der Waals surface area contributed by atoms with E-state index in [4.69, 9.17) is 5.73 Å². The van der Waals surface area contributed by atoms with Crippen molar-refractivity contribution < 1.29 is 4.39 Å². The summed E-state index contributed by atoms with van der Waals surface area (Å²) in [5.41, 5.74) is 6.72. The topological polar surface area (TPSA) is 38.0 Å². The van der Waals surface area contributed by atoms with Crippen LogP contribution < -0.4 is 11.1 Å². The van der Waals surface area contributed by atoms with Crippen molar-refractivity contribution in [1.29, 1.82) is 0 Å². The van der Waals surface area contributed by atoms with Crippen LogP contribution in [0.25, 0.3) is 0 Å². The molecule has 0 bridgehead atoms. The smallest absolute Gasteiger partial charge is 0.127 e. The van der Waals surface area contributed by atoms with Gasteiger partial charge in [0.05, 0.1) is 0 Å². The summed E-state index contributed by atoms with van der Waals surface area (Å²) in [7, 11) is 0. The fourth-order valence-corrected chi connectivity index (χ4v) is 2.21. The highest BCUT2D eigenvalue weighted by Crippen LogP contribution is 2.16. The average Bonchev–Trinajstić information content (AvgIpc) is 2.69. The molecule has 16 heavy (non-hydrogen) atoms. The van der Waals surface area contributed by atoms with Crippen molar-refractivity contribution in [2.75, 3.05) is 17.6 Å². The summed E-state index contributed by atoms with van der Waals surface area (Å²) in [6.07, 6.45) is 0.939. The molecule has 4 heteroatoms. The summed E-state index contributed by atoms with van der Waals surface area (Å²) < 4.78 is 13.0. The Hall–Kier alpha value is -1.55.